The largest absolute Gasteiger partial charge is 0.497 e. The van der Waals surface area contributed by atoms with Gasteiger partial charge in [0.15, 0.2) is 0 Å². The highest BCUT2D eigenvalue weighted by Gasteiger charge is 2.40. The maximum atomic E-state index is 13.5. The summed E-state index contributed by atoms with van der Waals surface area (Å²) in [7, 11) is 4.69. The molecule has 1 aliphatic heterocycles. The summed E-state index contributed by atoms with van der Waals surface area (Å²) >= 11 is 0. The van der Waals surface area contributed by atoms with E-state index >= 15 is 0 Å². The normalized spacial score (nSPS) is 13.4. The van der Waals surface area contributed by atoms with Crippen molar-refractivity contribution in [2.45, 2.75) is 0 Å². The molecular weight excluding hydrogens is 408 g/mol. The second-order valence-electron chi connectivity index (χ2n) is 6.98. The van der Waals surface area contributed by atoms with Crippen molar-refractivity contribution in [1.29, 1.82) is 0 Å². The number of nitrogens with one attached hydrogen (secondary N) is 1. The van der Waals surface area contributed by atoms with Gasteiger partial charge in [0.05, 0.1) is 32.6 Å². The Balaban J connectivity index is 1.78. The predicted molar refractivity (Wildman–Crippen MR) is 122 cm³/mol. The highest BCUT2D eigenvalue weighted by molar-refractivity contribution is 6.46. The van der Waals surface area contributed by atoms with Crippen LogP contribution in [-0.4, -0.2) is 33.1 Å². The molecule has 3 aromatic carbocycles. The third kappa shape index (κ3) is 3.88. The maximum absolute atomic E-state index is 13.5. The fraction of sp³-hybridized carbons (Fsp3) is 0.120. The third-order valence-corrected chi connectivity index (χ3v) is 5.13. The van der Waals surface area contributed by atoms with Gasteiger partial charge in [0, 0.05) is 11.8 Å². The molecule has 0 saturated carbocycles. The monoisotopic (exact) mass is 430 g/mol. The zero-order valence-corrected chi connectivity index (χ0v) is 17.9. The Hall–Kier alpha value is -4.26. The van der Waals surface area contributed by atoms with Crippen LogP contribution < -0.4 is 24.4 Å². The fourth-order valence-corrected chi connectivity index (χ4v) is 3.48. The van der Waals surface area contributed by atoms with E-state index < -0.39 is 11.8 Å². The van der Waals surface area contributed by atoms with Crippen LogP contribution in [0.5, 0.6) is 17.2 Å². The van der Waals surface area contributed by atoms with Crippen LogP contribution in [0.1, 0.15) is 5.56 Å². The van der Waals surface area contributed by atoms with E-state index in [4.69, 9.17) is 14.2 Å². The van der Waals surface area contributed by atoms with Crippen molar-refractivity contribution in [3.8, 4) is 17.2 Å². The Labute approximate surface area is 185 Å². The van der Waals surface area contributed by atoms with E-state index in [-0.39, 0.29) is 11.3 Å². The van der Waals surface area contributed by atoms with Crippen molar-refractivity contribution >= 4 is 28.8 Å². The SMILES string of the molecule is COc1ccc(C2=C(Nc3cccc(OC)c3)C(=O)N(c3ccc(OC)cc3)C2=O)cc1. The van der Waals surface area contributed by atoms with Crippen molar-refractivity contribution < 1.29 is 23.8 Å². The number of anilines is 2. The van der Waals surface area contributed by atoms with Crippen molar-refractivity contribution in [2.24, 2.45) is 0 Å². The molecule has 7 nitrogen and oxygen atoms in total. The summed E-state index contributed by atoms with van der Waals surface area (Å²) in [5.41, 5.74) is 2.14. The molecule has 0 aliphatic carbocycles. The smallest absolute Gasteiger partial charge is 0.282 e. The quantitative estimate of drug-likeness (QED) is 0.569. The van der Waals surface area contributed by atoms with E-state index in [0.29, 0.717) is 34.2 Å². The van der Waals surface area contributed by atoms with Crippen LogP contribution in [0, 0.1) is 0 Å². The lowest BCUT2D eigenvalue weighted by Gasteiger charge is -2.16. The molecular formula is C25H22N2O5. The van der Waals surface area contributed by atoms with Crippen molar-refractivity contribution in [1.82, 2.24) is 0 Å². The summed E-state index contributed by atoms with van der Waals surface area (Å²) in [6.45, 7) is 0. The van der Waals surface area contributed by atoms with Crippen LogP contribution >= 0.6 is 0 Å². The Bertz CT molecular complexity index is 1180. The van der Waals surface area contributed by atoms with Gasteiger partial charge in [0.2, 0.25) is 0 Å². The van der Waals surface area contributed by atoms with Crippen LogP contribution in [-0.2, 0) is 9.59 Å². The zero-order chi connectivity index (χ0) is 22.7. The summed E-state index contributed by atoms with van der Waals surface area (Å²) in [6.07, 6.45) is 0. The summed E-state index contributed by atoms with van der Waals surface area (Å²) < 4.78 is 15.7. The minimum Gasteiger partial charge on any atom is -0.497 e. The number of rotatable bonds is 7. The molecule has 0 atom stereocenters. The van der Waals surface area contributed by atoms with Gasteiger partial charge in [0.1, 0.15) is 22.9 Å². The first kappa shape index (κ1) is 21.0. The average Bonchev–Trinajstić information content (AvgIpc) is 3.08. The van der Waals surface area contributed by atoms with Gasteiger partial charge < -0.3 is 19.5 Å². The Morgan fingerprint density at radius 2 is 1.28 bits per heavy atom. The highest BCUT2D eigenvalue weighted by atomic mass is 16.5. The molecule has 0 radical (unpaired) electrons. The third-order valence-electron chi connectivity index (χ3n) is 5.13. The standard InChI is InChI=1S/C25H22N2O5/c1-30-19-11-7-16(8-12-19)22-23(26-17-5-4-6-21(15-17)32-3)25(29)27(24(22)28)18-9-13-20(31-2)14-10-18/h4-15,26H,1-3H3. The molecule has 1 aliphatic rings. The summed E-state index contributed by atoms with van der Waals surface area (Å²) in [4.78, 5) is 28.1. The molecule has 0 saturated heterocycles. The predicted octanol–water partition coefficient (Wildman–Crippen LogP) is 4.11. The van der Waals surface area contributed by atoms with Gasteiger partial charge in [-0.2, -0.15) is 0 Å². The lowest BCUT2D eigenvalue weighted by atomic mass is 10.0. The zero-order valence-electron chi connectivity index (χ0n) is 17.9. The molecule has 32 heavy (non-hydrogen) atoms. The first-order valence-corrected chi connectivity index (χ1v) is 9.88. The number of carbonyl (C=O) groups is 2. The molecule has 0 bridgehead atoms. The lowest BCUT2D eigenvalue weighted by molar-refractivity contribution is -0.120. The lowest BCUT2D eigenvalue weighted by Crippen LogP contribution is -2.32. The second-order valence-corrected chi connectivity index (χ2v) is 6.98. The molecule has 0 aromatic heterocycles. The van der Waals surface area contributed by atoms with E-state index in [0.717, 1.165) is 4.90 Å². The van der Waals surface area contributed by atoms with Gasteiger partial charge in [-0.3, -0.25) is 9.59 Å². The molecule has 4 rings (SSSR count). The van der Waals surface area contributed by atoms with Gasteiger partial charge in [-0.25, -0.2) is 4.90 Å². The van der Waals surface area contributed by atoms with Gasteiger partial charge in [-0.1, -0.05) is 18.2 Å². The van der Waals surface area contributed by atoms with Crippen LogP contribution in [0.15, 0.2) is 78.5 Å². The topological polar surface area (TPSA) is 77.1 Å². The van der Waals surface area contributed by atoms with E-state index in [9.17, 15) is 9.59 Å². The highest BCUT2D eigenvalue weighted by Crippen LogP contribution is 2.35. The Morgan fingerprint density at radius 3 is 1.88 bits per heavy atom. The first-order chi connectivity index (χ1) is 15.5. The second kappa shape index (κ2) is 8.85. The number of amides is 2. The summed E-state index contributed by atoms with van der Waals surface area (Å²) in [6, 6.07) is 20.9. The molecule has 162 valence electrons. The summed E-state index contributed by atoms with van der Waals surface area (Å²) in [5, 5.41) is 3.13. The van der Waals surface area contributed by atoms with E-state index in [1.165, 1.54) is 0 Å². The van der Waals surface area contributed by atoms with Gasteiger partial charge in [-0.05, 0) is 54.1 Å². The maximum Gasteiger partial charge on any atom is 0.282 e. The molecule has 3 aromatic rings. The fourth-order valence-electron chi connectivity index (χ4n) is 3.48. The van der Waals surface area contributed by atoms with E-state index in [1.54, 1.807) is 94.1 Å². The van der Waals surface area contributed by atoms with Gasteiger partial charge in [0.25, 0.3) is 11.8 Å². The van der Waals surface area contributed by atoms with E-state index in [2.05, 4.69) is 5.32 Å². The van der Waals surface area contributed by atoms with Crippen LogP contribution in [0.2, 0.25) is 0 Å². The van der Waals surface area contributed by atoms with Gasteiger partial charge >= 0.3 is 0 Å². The average molecular weight is 430 g/mol. The minimum absolute atomic E-state index is 0.184. The number of carbonyl (C=O) groups excluding carboxylic acids is 2. The number of hydrogen-bond acceptors (Lipinski definition) is 6. The van der Waals surface area contributed by atoms with Crippen molar-refractivity contribution in [3.63, 3.8) is 0 Å². The molecule has 1 N–H and O–H groups in total. The molecule has 2 amide bonds. The number of ether oxygens (including phenoxy) is 3. The van der Waals surface area contributed by atoms with Crippen molar-refractivity contribution in [2.75, 3.05) is 31.5 Å². The number of nitrogens with zero attached hydrogens (tertiary/aromatic N) is 1. The molecule has 0 spiro atoms. The van der Waals surface area contributed by atoms with Crippen LogP contribution in [0.3, 0.4) is 0 Å². The first-order valence-electron chi connectivity index (χ1n) is 9.88. The Morgan fingerprint density at radius 1 is 0.688 bits per heavy atom. The van der Waals surface area contributed by atoms with Crippen molar-refractivity contribution in [3.05, 3.63) is 84.1 Å². The van der Waals surface area contributed by atoms with Crippen LogP contribution in [0.4, 0.5) is 11.4 Å². The molecule has 0 fully saturated rings. The number of methoxy groups -OCH3 is 3. The van der Waals surface area contributed by atoms with Gasteiger partial charge in [-0.15, -0.1) is 0 Å². The number of benzene rings is 3. The minimum atomic E-state index is -0.450. The van der Waals surface area contributed by atoms with Crippen LogP contribution in [0.25, 0.3) is 5.57 Å². The summed E-state index contributed by atoms with van der Waals surface area (Å²) in [5.74, 6) is 1.04. The molecule has 0 unspecified atom stereocenters. The number of imide groups is 1. The van der Waals surface area contributed by atoms with E-state index in [1.807, 2.05) is 0 Å². The molecule has 1 heterocycles. The number of hydrogen-bond donors (Lipinski definition) is 1. The molecule has 7 heteroatoms. The Kier molecular flexibility index (Phi) is 5.81.